The summed E-state index contributed by atoms with van der Waals surface area (Å²) in [6, 6.07) is 7.84. The summed E-state index contributed by atoms with van der Waals surface area (Å²) in [5.74, 6) is -0.263. The minimum absolute atomic E-state index is 0. The van der Waals surface area contributed by atoms with Crippen molar-refractivity contribution in [2.75, 3.05) is 0 Å². The molecule has 0 radical (unpaired) electrons. The van der Waals surface area contributed by atoms with E-state index in [-0.39, 0.29) is 57.2 Å². The standard InChI is InChI=1S/C10H6FN2S.K/c11-8-3-1-7(2-4-8)9-5-6-12-10(14)13-9;/h1-6H;/q-1;+1. The molecule has 0 aliphatic carbocycles. The molecule has 0 aliphatic rings. The molecule has 2 rings (SSSR count). The molecule has 0 atom stereocenters. The molecule has 15 heavy (non-hydrogen) atoms. The van der Waals surface area contributed by atoms with Crippen molar-refractivity contribution in [1.29, 1.82) is 0 Å². The Hall–Kier alpha value is 0.0864. The molecule has 0 aliphatic heterocycles. The van der Waals surface area contributed by atoms with Gasteiger partial charge in [0.25, 0.3) is 0 Å². The van der Waals surface area contributed by atoms with Gasteiger partial charge >= 0.3 is 51.4 Å². The molecule has 2 nitrogen and oxygen atoms in total. The predicted octanol–water partition coefficient (Wildman–Crippen LogP) is -0.265. The molecule has 0 unspecified atom stereocenters. The smallest absolute Gasteiger partial charge is 0.257 e. The molecule has 1 aromatic carbocycles. The molecule has 0 saturated carbocycles. The van der Waals surface area contributed by atoms with Crippen LogP contribution in [0.15, 0.2) is 36.5 Å². The molecular weight excluding hydrogens is 238 g/mol. The third-order valence-corrected chi connectivity index (χ3v) is 1.97. The fourth-order valence-corrected chi connectivity index (χ4v) is 1.28. The second-order valence-corrected chi connectivity index (χ2v) is 3.10. The molecule has 0 bridgehead atoms. The van der Waals surface area contributed by atoms with E-state index in [4.69, 9.17) is 12.2 Å². The van der Waals surface area contributed by atoms with Crippen LogP contribution in [-0.4, -0.2) is 9.97 Å². The van der Waals surface area contributed by atoms with E-state index in [1.165, 1.54) is 12.1 Å². The summed E-state index contributed by atoms with van der Waals surface area (Å²) in [4.78, 5) is 7.87. The van der Waals surface area contributed by atoms with Crippen LogP contribution in [0.5, 0.6) is 0 Å². The maximum Gasteiger partial charge on any atom is 1.00 e. The minimum atomic E-state index is -0.263. The zero-order valence-electron chi connectivity index (χ0n) is 8.14. The topological polar surface area (TPSA) is 25.8 Å². The van der Waals surface area contributed by atoms with Crippen molar-refractivity contribution in [2.45, 2.75) is 0 Å². The van der Waals surface area contributed by atoms with E-state index in [9.17, 15) is 4.39 Å². The van der Waals surface area contributed by atoms with Crippen LogP contribution in [0.3, 0.4) is 0 Å². The first kappa shape index (κ1) is 13.2. The molecule has 1 heterocycles. The second-order valence-electron chi connectivity index (χ2n) is 2.73. The second kappa shape index (κ2) is 5.98. The Morgan fingerprint density at radius 3 is 2.47 bits per heavy atom. The summed E-state index contributed by atoms with van der Waals surface area (Å²) in [5.41, 5.74) is 1.55. The molecule has 70 valence electrons. The van der Waals surface area contributed by atoms with Gasteiger partial charge in [0.05, 0.1) is 0 Å². The van der Waals surface area contributed by atoms with Gasteiger partial charge in [-0.3, -0.25) is 4.98 Å². The van der Waals surface area contributed by atoms with Gasteiger partial charge in [-0.2, -0.15) is 6.07 Å². The van der Waals surface area contributed by atoms with Crippen molar-refractivity contribution < 1.29 is 55.8 Å². The zero-order chi connectivity index (χ0) is 9.97. The van der Waals surface area contributed by atoms with Crippen LogP contribution in [0.1, 0.15) is 0 Å². The number of rotatable bonds is 1. The molecule has 1 aromatic heterocycles. The van der Waals surface area contributed by atoms with Gasteiger partial charge in [0.1, 0.15) is 5.82 Å². The van der Waals surface area contributed by atoms with Gasteiger partial charge < -0.3 is 0 Å². The Bertz CT molecular complexity index is 495. The summed E-state index contributed by atoms with van der Waals surface area (Å²) >= 11 is 4.83. The van der Waals surface area contributed by atoms with Crippen molar-refractivity contribution in [3.05, 3.63) is 47.1 Å². The van der Waals surface area contributed by atoms with Crippen LogP contribution in [-0.2, 0) is 0 Å². The van der Waals surface area contributed by atoms with Crippen molar-refractivity contribution in [3.63, 3.8) is 0 Å². The summed E-state index contributed by atoms with van der Waals surface area (Å²) in [5, 5.41) is 0. The maximum atomic E-state index is 12.6. The molecule has 0 fully saturated rings. The molecule has 5 heteroatoms. The van der Waals surface area contributed by atoms with E-state index in [0.717, 1.165) is 5.56 Å². The van der Waals surface area contributed by atoms with Crippen LogP contribution in [0.4, 0.5) is 4.39 Å². The fraction of sp³-hybridized carbons (Fsp3) is 0. The number of aromatic nitrogens is 2. The van der Waals surface area contributed by atoms with Gasteiger partial charge in [-0.15, -0.1) is 17.7 Å². The fourth-order valence-electron chi connectivity index (χ4n) is 1.12. The van der Waals surface area contributed by atoms with Gasteiger partial charge in [0.2, 0.25) is 4.77 Å². The third kappa shape index (κ3) is 3.55. The van der Waals surface area contributed by atoms with Crippen LogP contribution >= 0.6 is 12.2 Å². The average molecular weight is 244 g/mol. The van der Waals surface area contributed by atoms with Crippen molar-refractivity contribution >= 4 is 12.2 Å². The molecule has 2 aromatic rings. The number of hydrogen-bond acceptors (Lipinski definition) is 3. The Balaban J connectivity index is 0.00000112. The average Bonchev–Trinajstić information content (AvgIpc) is 2.19. The van der Waals surface area contributed by atoms with Gasteiger partial charge in [-0.05, 0) is 30.5 Å². The first-order valence-corrected chi connectivity index (χ1v) is 4.42. The first-order valence-electron chi connectivity index (χ1n) is 4.02. The number of hydrogen-bond donors (Lipinski definition) is 0. The summed E-state index contributed by atoms with van der Waals surface area (Å²) in [6.07, 6.45) is 1.59. The van der Waals surface area contributed by atoms with Gasteiger partial charge in [-0.25, -0.2) is 9.37 Å². The van der Waals surface area contributed by atoms with Crippen molar-refractivity contribution in [3.8, 4) is 11.3 Å². The normalized spacial score (nSPS) is 9.40. The number of halogens is 1. The molecule has 0 amide bonds. The SMILES string of the molecule is Fc1ccc(-c2[cH-]cnc(=S)n2)cc1.[K+]. The van der Waals surface area contributed by atoms with E-state index < -0.39 is 0 Å². The zero-order valence-corrected chi connectivity index (χ0v) is 12.1. The largest absolute Gasteiger partial charge is 1.00 e. The van der Waals surface area contributed by atoms with E-state index in [1.807, 2.05) is 0 Å². The Kier molecular flexibility index (Phi) is 5.24. The van der Waals surface area contributed by atoms with E-state index in [1.54, 1.807) is 24.4 Å². The number of nitrogens with zero attached hydrogens (tertiary/aromatic N) is 2. The molecule has 0 saturated heterocycles. The molecule has 0 spiro atoms. The van der Waals surface area contributed by atoms with Crippen molar-refractivity contribution in [2.24, 2.45) is 0 Å². The Labute approximate surface area is 134 Å². The maximum absolute atomic E-state index is 12.6. The van der Waals surface area contributed by atoms with Crippen LogP contribution < -0.4 is 51.4 Å². The first-order chi connectivity index (χ1) is 6.75. The predicted molar refractivity (Wildman–Crippen MR) is 53.9 cm³/mol. The van der Waals surface area contributed by atoms with Crippen molar-refractivity contribution in [1.82, 2.24) is 9.97 Å². The summed E-state index contributed by atoms with van der Waals surface area (Å²) in [6.45, 7) is 0. The minimum Gasteiger partial charge on any atom is -0.257 e. The van der Waals surface area contributed by atoms with Gasteiger partial charge in [0, 0.05) is 0 Å². The monoisotopic (exact) mass is 244 g/mol. The van der Waals surface area contributed by atoms with Gasteiger partial charge in [0.15, 0.2) is 0 Å². The van der Waals surface area contributed by atoms with Crippen LogP contribution in [0, 0.1) is 10.6 Å². The van der Waals surface area contributed by atoms with E-state index in [2.05, 4.69) is 9.97 Å². The molecular formula is C10H6FKN2S. The van der Waals surface area contributed by atoms with E-state index >= 15 is 0 Å². The van der Waals surface area contributed by atoms with Gasteiger partial charge in [-0.1, -0.05) is 5.69 Å². The van der Waals surface area contributed by atoms with Crippen LogP contribution in [0.25, 0.3) is 11.3 Å². The third-order valence-electron chi connectivity index (χ3n) is 1.77. The Morgan fingerprint density at radius 2 is 1.87 bits per heavy atom. The summed E-state index contributed by atoms with van der Waals surface area (Å²) < 4.78 is 12.9. The number of benzene rings is 1. The van der Waals surface area contributed by atoms with E-state index in [0.29, 0.717) is 10.5 Å². The van der Waals surface area contributed by atoms with Crippen LogP contribution in [0.2, 0.25) is 0 Å². The molecule has 0 N–H and O–H groups in total. The quantitative estimate of drug-likeness (QED) is 0.392. The Morgan fingerprint density at radius 1 is 1.20 bits per heavy atom. The summed E-state index contributed by atoms with van der Waals surface area (Å²) in [7, 11) is 0.